The predicted molar refractivity (Wildman–Crippen MR) is 146 cm³/mol. The lowest BCUT2D eigenvalue weighted by Gasteiger charge is -2.13. The van der Waals surface area contributed by atoms with Crippen molar-refractivity contribution in [3.63, 3.8) is 0 Å². The number of nitrogens with zero attached hydrogens (tertiary/aromatic N) is 1. The predicted octanol–water partition coefficient (Wildman–Crippen LogP) is 4.34. The van der Waals surface area contributed by atoms with Crippen LogP contribution in [0.3, 0.4) is 0 Å². The standard InChI is InChI=1S/C29H25N3O7/c1-37-24-9-5-8-21(27(24)39-17-26(33)31-22-12-10-18(11-13-22)29(35)36)16-30-32-28(34)23-14-19-6-3-4-7-20(19)15-25(23)38-2/h3-16H,17H2,1-2H3,(H,31,33)(H,32,34)(H,35,36). The molecule has 0 aliphatic heterocycles. The molecule has 0 fully saturated rings. The average molecular weight is 528 g/mol. The summed E-state index contributed by atoms with van der Waals surface area (Å²) in [4.78, 5) is 36.3. The molecule has 39 heavy (non-hydrogen) atoms. The Morgan fingerprint density at radius 1 is 0.872 bits per heavy atom. The summed E-state index contributed by atoms with van der Waals surface area (Å²) < 4.78 is 16.5. The van der Waals surface area contributed by atoms with Gasteiger partial charge < -0.3 is 24.6 Å². The maximum Gasteiger partial charge on any atom is 0.335 e. The van der Waals surface area contributed by atoms with E-state index in [1.54, 1.807) is 30.3 Å². The number of hydrogen-bond acceptors (Lipinski definition) is 7. The highest BCUT2D eigenvalue weighted by atomic mass is 16.5. The first-order valence-corrected chi connectivity index (χ1v) is 11.7. The second-order valence-corrected chi connectivity index (χ2v) is 8.20. The second-order valence-electron chi connectivity index (χ2n) is 8.20. The Bertz CT molecular complexity index is 1550. The molecule has 0 atom stereocenters. The van der Waals surface area contributed by atoms with E-state index < -0.39 is 17.8 Å². The molecule has 0 aromatic heterocycles. The molecule has 0 radical (unpaired) electrons. The monoisotopic (exact) mass is 527 g/mol. The van der Waals surface area contributed by atoms with E-state index in [1.807, 2.05) is 24.3 Å². The van der Waals surface area contributed by atoms with Crippen molar-refractivity contribution in [3.05, 3.63) is 95.6 Å². The van der Waals surface area contributed by atoms with Gasteiger partial charge in [-0.1, -0.05) is 30.3 Å². The lowest BCUT2D eigenvalue weighted by Crippen LogP contribution is -2.21. The molecule has 4 aromatic rings. The number of amides is 2. The minimum absolute atomic E-state index is 0.105. The van der Waals surface area contributed by atoms with Gasteiger partial charge in [0.05, 0.1) is 31.6 Å². The molecular formula is C29H25N3O7. The van der Waals surface area contributed by atoms with Gasteiger partial charge in [-0.25, -0.2) is 10.2 Å². The van der Waals surface area contributed by atoms with E-state index in [4.69, 9.17) is 19.3 Å². The van der Waals surface area contributed by atoms with E-state index in [0.717, 1.165) is 10.8 Å². The topological polar surface area (TPSA) is 136 Å². The molecule has 0 aliphatic rings. The van der Waals surface area contributed by atoms with Crippen molar-refractivity contribution in [2.45, 2.75) is 0 Å². The number of para-hydroxylation sites is 1. The van der Waals surface area contributed by atoms with E-state index >= 15 is 0 Å². The number of rotatable bonds is 10. The number of benzene rings is 4. The number of carbonyl (C=O) groups excluding carboxylic acids is 2. The van der Waals surface area contributed by atoms with Crippen LogP contribution in [-0.2, 0) is 4.79 Å². The zero-order valence-corrected chi connectivity index (χ0v) is 21.1. The van der Waals surface area contributed by atoms with Crippen LogP contribution >= 0.6 is 0 Å². The normalized spacial score (nSPS) is 10.7. The molecule has 0 aliphatic carbocycles. The summed E-state index contributed by atoms with van der Waals surface area (Å²) in [7, 11) is 2.95. The Morgan fingerprint density at radius 2 is 1.56 bits per heavy atom. The van der Waals surface area contributed by atoms with Gasteiger partial charge in [-0.15, -0.1) is 0 Å². The molecule has 10 nitrogen and oxygen atoms in total. The quantitative estimate of drug-likeness (QED) is 0.206. The van der Waals surface area contributed by atoms with Gasteiger partial charge in [0.1, 0.15) is 5.75 Å². The van der Waals surface area contributed by atoms with Crippen LogP contribution in [0, 0.1) is 0 Å². The first-order chi connectivity index (χ1) is 18.9. The van der Waals surface area contributed by atoms with Gasteiger partial charge in [0.2, 0.25) is 0 Å². The molecule has 10 heteroatoms. The van der Waals surface area contributed by atoms with Crippen molar-refractivity contribution in [2.24, 2.45) is 5.10 Å². The lowest BCUT2D eigenvalue weighted by atomic mass is 10.1. The number of hydrogen-bond donors (Lipinski definition) is 3. The molecule has 3 N–H and O–H groups in total. The molecule has 198 valence electrons. The minimum Gasteiger partial charge on any atom is -0.496 e. The number of nitrogens with one attached hydrogen (secondary N) is 2. The average Bonchev–Trinajstić information content (AvgIpc) is 2.95. The van der Waals surface area contributed by atoms with Crippen LogP contribution in [0.1, 0.15) is 26.3 Å². The summed E-state index contributed by atoms with van der Waals surface area (Å²) in [6.45, 7) is -0.359. The van der Waals surface area contributed by atoms with E-state index in [2.05, 4.69) is 15.8 Å². The Labute approximate surface area is 223 Å². The molecule has 4 aromatic carbocycles. The van der Waals surface area contributed by atoms with Crippen LogP contribution in [0.5, 0.6) is 17.2 Å². The fourth-order valence-electron chi connectivity index (χ4n) is 3.77. The van der Waals surface area contributed by atoms with Crippen LogP contribution < -0.4 is 25.0 Å². The molecule has 2 amide bonds. The van der Waals surface area contributed by atoms with Crippen molar-refractivity contribution in [3.8, 4) is 17.2 Å². The zero-order chi connectivity index (χ0) is 27.8. The Hall–Kier alpha value is -5.38. The SMILES string of the molecule is COc1cc2ccccc2cc1C(=O)NN=Cc1cccc(OC)c1OCC(=O)Nc1ccc(C(=O)O)cc1. The number of carboxylic acid groups (broad SMARTS) is 1. The number of anilines is 1. The number of aromatic carboxylic acids is 1. The van der Waals surface area contributed by atoms with Crippen LogP contribution in [0.4, 0.5) is 5.69 Å². The zero-order valence-electron chi connectivity index (χ0n) is 21.1. The van der Waals surface area contributed by atoms with E-state index in [1.165, 1.54) is 44.7 Å². The van der Waals surface area contributed by atoms with Crippen molar-refractivity contribution >= 4 is 40.5 Å². The van der Waals surface area contributed by atoms with Crippen molar-refractivity contribution < 1.29 is 33.7 Å². The molecule has 0 saturated heterocycles. The molecular weight excluding hydrogens is 502 g/mol. The molecule has 0 unspecified atom stereocenters. The number of carbonyl (C=O) groups is 3. The summed E-state index contributed by atoms with van der Waals surface area (Å²) in [5.41, 5.74) is 3.80. The second kappa shape index (κ2) is 12.2. The number of carboxylic acids is 1. The Morgan fingerprint density at radius 3 is 2.23 bits per heavy atom. The summed E-state index contributed by atoms with van der Waals surface area (Å²) in [5, 5.41) is 17.5. The highest BCUT2D eigenvalue weighted by Gasteiger charge is 2.15. The number of methoxy groups -OCH3 is 2. The van der Waals surface area contributed by atoms with Crippen molar-refractivity contribution in [1.82, 2.24) is 5.43 Å². The van der Waals surface area contributed by atoms with Gasteiger partial charge in [0, 0.05) is 11.3 Å². The van der Waals surface area contributed by atoms with E-state index in [-0.39, 0.29) is 17.9 Å². The fourth-order valence-corrected chi connectivity index (χ4v) is 3.77. The van der Waals surface area contributed by atoms with Gasteiger partial charge in [0.15, 0.2) is 18.1 Å². The van der Waals surface area contributed by atoms with Gasteiger partial charge in [-0.3, -0.25) is 9.59 Å². The highest BCUT2D eigenvalue weighted by molar-refractivity contribution is 6.02. The Kier molecular flexibility index (Phi) is 8.37. The van der Waals surface area contributed by atoms with Gasteiger partial charge >= 0.3 is 5.97 Å². The molecule has 0 heterocycles. The first kappa shape index (κ1) is 26.7. The van der Waals surface area contributed by atoms with Crippen LogP contribution in [0.15, 0.2) is 84.0 Å². The summed E-state index contributed by atoms with van der Waals surface area (Å²) >= 11 is 0. The smallest absolute Gasteiger partial charge is 0.335 e. The maximum atomic E-state index is 12.9. The lowest BCUT2D eigenvalue weighted by molar-refractivity contribution is -0.118. The largest absolute Gasteiger partial charge is 0.496 e. The third kappa shape index (κ3) is 6.50. The first-order valence-electron chi connectivity index (χ1n) is 11.7. The minimum atomic E-state index is -1.06. The van der Waals surface area contributed by atoms with E-state index in [0.29, 0.717) is 28.3 Å². The third-order valence-corrected chi connectivity index (χ3v) is 5.67. The van der Waals surface area contributed by atoms with Gasteiger partial charge in [0.25, 0.3) is 11.8 Å². The Balaban J connectivity index is 1.45. The molecule has 0 saturated carbocycles. The number of fused-ring (bicyclic) bond motifs is 1. The maximum absolute atomic E-state index is 12.9. The summed E-state index contributed by atoms with van der Waals surface area (Å²) in [6.07, 6.45) is 1.38. The summed E-state index contributed by atoms with van der Waals surface area (Å²) in [6, 6.07) is 21.9. The molecule has 0 spiro atoms. The number of ether oxygens (including phenoxy) is 3. The molecule has 0 bridgehead atoms. The van der Waals surface area contributed by atoms with Crippen molar-refractivity contribution in [2.75, 3.05) is 26.1 Å². The van der Waals surface area contributed by atoms with Crippen LogP contribution in [0.2, 0.25) is 0 Å². The van der Waals surface area contributed by atoms with Crippen LogP contribution in [0.25, 0.3) is 10.8 Å². The van der Waals surface area contributed by atoms with Gasteiger partial charge in [-0.05, 0) is 59.3 Å². The van der Waals surface area contributed by atoms with Gasteiger partial charge in [-0.2, -0.15) is 5.10 Å². The molecule has 4 rings (SSSR count). The highest BCUT2D eigenvalue weighted by Crippen LogP contribution is 2.30. The third-order valence-electron chi connectivity index (χ3n) is 5.67. The number of hydrazone groups is 1. The summed E-state index contributed by atoms with van der Waals surface area (Å²) in [5.74, 6) is -0.974. The fraction of sp³-hybridized carbons (Fsp3) is 0.103. The van der Waals surface area contributed by atoms with Crippen LogP contribution in [-0.4, -0.2) is 49.9 Å². The van der Waals surface area contributed by atoms with E-state index in [9.17, 15) is 14.4 Å². The van der Waals surface area contributed by atoms with Crippen molar-refractivity contribution in [1.29, 1.82) is 0 Å².